The summed E-state index contributed by atoms with van der Waals surface area (Å²) < 4.78 is 26.0. The average molecular weight is 314 g/mol. The number of nitro groups is 1. The van der Waals surface area contributed by atoms with Crippen LogP contribution in [0.5, 0.6) is 0 Å². The molecule has 0 radical (unpaired) electrons. The lowest BCUT2D eigenvalue weighted by molar-refractivity contribution is -0.387. The number of para-hydroxylation sites is 1. The number of aliphatic carboxylic acids is 1. The summed E-state index contributed by atoms with van der Waals surface area (Å²) in [6, 6.07) is 3.78. The van der Waals surface area contributed by atoms with Crippen LogP contribution < -0.4 is 0 Å². The van der Waals surface area contributed by atoms with E-state index in [0.29, 0.717) is 12.8 Å². The number of benzene rings is 1. The van der Waals surface area contributed by atoms with Gasteiger partial charge in [-0.15, -0.1) is 0 Å². The number of carboxylic acids is 1. The van der Waals surface area contributed by atoms with Crippen molar-refractivity contribution in [3.8, 4) is 0 Å². The van der Waals surface area contributed by atoms with Gasteiger partial charge in [-0.1, -0.05) is 12.1 Å². The van der Waals surface area contributed by atoms with Crippen molar-refractivity contribution >= 4 is 21.7 Å². The summed E-state index contributed by atoms with van der Waals surface area (Å²) in [4.78, 5) is 20.9. The van der Waals surface area contributed by atoms with Crippen molar-refractivity contribution in [3.63, 3.8) is 0 Å². The van der Waals surface area contributed by atoms with Gasteiger partial charge in [0.2, 0.25) is 0 Å². The highest BCUT2D eigenvalue weighted by Gasteiger charge is 2.40. The van der Waals surface area contributed by atoms with E-state index < -0.39 is 37.5 Å². The predicted octanol–water partition coefficient (Wildman–Crippen LogP) is 1.22. The van der Waals surface area contributed by atoms with E-state index in [4.69, 9.17) is 5.11 Å². The van der Waals surface area contributed by atoms with E-state index in [1.807, 2.05) is 0 Å². The molecule has 9 heteroatoms. The first kappa shape index (κ1) is 15.4. The largest absolute Gasteiger partial charge is 0.480 e. The van der Waals surface area contributed by atoms with E-state index in [2.05, 4.69) is 0 Å². The summed E-state index contributed by atoms with van der Waals surface area (Å²) in [5.41, 5.74) is -0.549. The maximum atomic E-state index is 12.6. The standard InChI is InChI=1S/C12H14N2O6S/c15-12(16)10-6-3-4-8-13(10)21(19,20)11-7-2-1-5-9(11)14(17)18/h1-2,5,7,10H,3-4,6,8H2,(H,15,16)/t10-/m0/s1. The molecular weight excluding hydrogens is 300 g/mol. The van der Waals surface area contributed by atoms with Crippen molar-refractivity contribution < 1.29 is 23.2 Å². The second-order valence-corrected chi connectivity index (χ2v) is 6.55. The maximum absolute atomic E-state index is 12.6. The monoisotopic (exact) mass is 314 g/mol. The van der Waals surface area contributed by atoms with Gasteiger partial charge >= 0.3 is 5.97 Å². The number of rotatable bonds is 4. The Morgan fingerprint density at radius 1 is 1.33 bits per heavy atom. The van der Waals surface area contributed by atoms with Crippen LogP contribution in [0.25, 0.3) is 0 Å². The number of carboxylic acid groups (broad SMARTS) is 1. The summed E-state index contributed by atoms with van der Waals surface area (Å²) >= 11 is 0. The van der Waals surface area contributed by atoms with Gasteiger partial charge in [0.25, 0.3) is 15.7 Å². The fourth-order valence-electron chi connectivity index (χ4n) is 2.39. The van der Waals surface area contributed by atoms with Crippen LogP contribution in [0.15, 0.2) is 29.2 Å². The number of sulfonamides is 1. The molecule has 0 spiro atoms. The Morgan fingerprint density at radius 3 is 2.62 bits per heavy atom. The minimum atomic E-state index is -4.22. The van der Waals surface area contributed by atoms with Gasteiger partial charge in [0.1, 0.15) is 6.04 Å². The lowest BCUT2D eigenvalue weighted by Gasteiger charge is -2.31. The molecule has 114 valence electrons. The van der Waals surface area contributed by atoms with Crippen molar-refractivity contribution in [2.45, 2.75) is 30.2 Å². The van der Waals surface area contributed by atoms with Crippen molar-refractivity contribution in [1.29, 1.82) is 0 Å². The number of carbonyl (C=O) groups is 1. The maximum Gasteiger partial charge on any atom is 0.322 e. The van der Waals surface area contributed by atoms with E-state index in [1.54, 1.807) is 0 Å². The minimum absolute atomic E-state index is 0.0470. The third-order valence-corrected chi connectivity index (χ3v) is 5.34. The summed E-state index contributed by atoms with van der Waals surface area (Å²) in [5.74, 6) is -1.24. The smallest absolute Gasteiger partial charge is 0.322 e. The molecule has 21 heavy (non-hydrogen) atoms. The van der Waals surface area contributed by atoms with Gasteiger partial charge in [0, 0.05) is 12.6 Å². The lowest BCUT2D eigenvalue weighted by atomic mass is 10.1. The van der Waals surface area contributed by atoms with E-state index in [0.717, 1.165) is 16.4 Å². The molecule has 0 bridgehead atoms. The molecule has 0 saturated carbocycles. The molecule has 1 aromatic carbocycles. The predicted molar refractivity (Wildman–Crippen MR) is 72.3 cm³/mol. The van der Waals surface area contributed by atoms with Crippen molar-refractivity contribution in [2.24, 2.45) is 0 Å². The number of hydrogen-bond acceptors (Lipinski definition) is 5. The average Bonchev–Trinajstić information content (AvgIpc) is 2.47. The first-order valence-electron chi connectivity index (χ1n) is 6.34. The Hall–Kier alpha value is -2.00. The van der Waals surface area contributed by atoms with Crippen molar-refractivity contribution in [3.05, 3.63) is 34.4 Å². The summed E-state index contributed by atoms with van der Waals surface area (Å²) in [6.45, 7) is 0.0470. The Labute approximate surface area is 121 Å². The first-order valence-corrected chi connectivity index (χ1v) is 7.78. The molecule has 1 aliphatic heterocycles. The van der Waals surface area contributed by atoms with Gasteiger partial charge in [0.05, 0.1) is 4.92 Å². The van der Waals surface area contributed by atoms with Crippen molar-refractivity contribution in [2.75, 3.05) is 6.54 Å². The topological polar surface area (TPSA) is 118 Å². The number of nitrogens with zero attached hydrogens (tertiary/aromatic N) is 2. The summed E-state index contributed by atoms with van der Waals surface area (Å²) in [5, 5.41) is 20.1. The third-order valence-electron chi connectivity index (χ3n) is 3.39. The van der Waals surface area contributed by atoms with Crippen LogP contribution in [0.2, 0.25) is 0 Å². The van der Waals surface area contributed by atoms with Crippen LogP contribution in [0, 0.1) is 10.1 Å². The van der Waals surface area contributed by atoms with Gasteiger partial charge in [-0.05, 0) is 25.3 Å². The quantitative estimate of drug-likeness (QED) is 0.659. The molecule has 0 amide bonds. The highest BCUT2D eigenvalue weighted by Crippen LogP contribution is 2.30. The van der Waals surface area contributed by atoms with Gasteiger partial charge in [0.15, 0.2) is 4.90 Å². The summed E-state index contributed by atoms with van der Waals surface area (Å²) in [7, 11) is -4.22. The van der Waals surface area contributed by atoms with E-state index >= 15 is 0 Å². The Balaban J connectivity index is 2.51. The van der Waals surface area contributed by atoms with Crippen molar-refractivity contribution in [1.82, 2.24) is 4.31 Å². The van der Waals surface area contributed by atoms with Gasteiger partial charge in [-0.25, -0.2) is 8.42 Å². The zero-order valence-electron chi connectivity index (χ0n) is 11.0. The molecule has 0 unspecified atom stereocenters. The van der Waals surface area contributed by atoms with Crippen LogP contribution in [-0.2, 0) is 14.8 Å². The van der Waals surface area contributed by atoms with Crippen LogP contribution in [0.1, 0.15) is 19.3 Å². The van der Waals surface area contributed by atoms with E-state index in [-0.39, 0.29) is 13.0 Å². The van der Waals surface area contributed by atoms with Crippen LogP contribution in [-0.4, -0.2) is 41.3 Å². The van der Waals surface area contributed by atoms with E-state index in [1.165, 1.54) is 12.1 Å². The molecule has 8 nitrogen and oxygen atoms in total. The zero-order valence-corrected chi connectivity index (χ0v) is 11.8. The molecule has 1 saturated heterocycles. The van der Waals surface area contributed by atoms with Gasteiger partial charge in [-0.2, -0.15) is 4.31 Å². The molecule has 1 atom stereocenters. The van der Waals surface area contributed by atoms with Crippen LogP contribution in [0.4, 0.5) is 5.69 Å². The van der Waals surface area contributed by atoms with E-state index in [9.17, 15) is 23.3 Å². The fraction of sp³-hybridized carbons (Fsp3) is 0.417. The minimum Gasteiger partial charge on any atom is -0.480 e. The second kappa shape index (κ2) is 5.78. The molecule has 1 N–H and O–H groups in total. The van der Waals surface area contributed by atoms with Gasteiger partial charge in [-0.3, -0.25) is 14.9 Å². The van der Waals surface area contributed by atoms with Crippen LogP contribution in [0.3, 0.4) is 0 Å². The zero-order chi connectivity index (χ0) is 15.6. The number of hydrogen-bond donors (Lipinski definition) is 1. The molecule has 1 aliphatic rings. The number of nitro benzene ring substituents is 1. The SMILES string of the molecule is O=C(O)[C@@H]1CCCCN1S(=O)(=O)c1ccccc1[N+](=O)[O-]. The van der Waals surface area contributed by atoms with Crippen LogP contribution >= 0.6 is 0 Å². The molecular formula is C12H14N2O6S. The molecule has 1 heterocycles. The van der Waals surface area contributed by atoms with Gasteiger partial charge < -0.3 is 5.11 Å². The molecule has 0 aromatic heterocycles. The Morgan fingerprint density at radius 2 is 2.00 bits per heavy atom. The first-order chi connectivity index (χ1) is 9.85. The second-order valence-electron chi connectivity index (χ2n) is 4.69. The highest BCUT2D eigenvalue weighted by molar-refractivity contribution is 7.89. The molecule has 1 fully saturated rings. The molecule has 1 aromatic rings. The Kier molecular flexibility index (Phi) is 4.24. The molecule has 2 rings (SSSR count). The summed E-state index contributed by atoms with van der Waals surface area (Å²) in [6.07, 6.45) is 1.35. The Bertz CT molecular complexity index is 672. The number of piperidine rings is 1. The fourth-order valence-corrected chi connectivity index (χ4v) is 4.20. The molecule has 0 aliphatic carbocycles. The highest BCUT2D eigenvalue weighted by atomic mass is 32.2. The lowest BCUT2D eigenvalue weighted by Crippen LogP contribution is -2.47. The third kappa shape index (κ3) is 2.88. The normalized spacial score (nSPS) is 20.1.